The van der Waals surface area contributed by atoms with E-state index in [2.05, 4.69) is 13.8 Å². The smallest absolute Gasteiger partial charge is 0.222 e. The number of hydrogen-bond donors (Lipinski definition) is 0. The maximum Gasteiger partial charge on any atom is 0.222 e. The molecule has 1 rings (SSSR count). The van der Waals surface area contributed by atoms with Gasteiger partial charge in [-0.2, -0.15) is 0 Å². The number of likely N-dealkylation sites (tertiary alicyclic amines) is 1. The number of amides is 1. The standard InChI is InChI=1S/C13H25NO2/c1-4-16-10-12-6-5-7-14(9-12)13(15)8-11(2)3/h11-12H,4-10H2,1-3H3. The summed E-state index contributed by atoms with van der Waals surface area (Å²) in [4.78, 5) is 13.9. The van der Waals surface area contributed by atoms with E-state index in [0.717, 1.165) is 32.7 Å². The second-order valence-corrected chi connectivity index (χ2v) is 5.11. The van der Waals surface area contributed by atoms with E-state index in [-0.39, 0.29) is 0 Å². The van der Waals surface area contributed by atoms with Crippen molar-refractivity contribution in [2.75, 3.05) is 26.3 Å². The topological polar surface area (TPSA) is 29.5 Å². The Kier molecular flexibility index (Phi) is 5.81. The van der Waals surface area contributed by atoms with Crippen LogP contribution >= 0.6 is 0 Å². The first-order valence-corrected chi connectivity index (χ1v) is 6.49. The third-order valence-corrected chi connectivity index (χ3v) is 3.01. The van der Waals surface area contributed by atoms with Crippen LogP contribution in [-0.4, -0.2) is 37.1 Å². The number of piperidine rings is 1. The molecule has 0 N–H and O–H groups in total. The van der Waals surface area contributed by atoms with Gasteiger partial charge in [-0.1, -0.05) is 13.8 Å². The van der Waals surface area contributed by atoms with Crippen LogP contribution in [0.25, 0.3) is 0 Å². The fourth-order valence-corrected chi connectivity index (χ4v) is 2.19. The Balaban J connectivity index is 2.34. The Morgan fingerprint density at radius 1 is 1.50 bits per heavy atom. The third kappa shape index (κ3) is 4.52. The summed E-state index contributed by atoms with van der Waals surface area (Å²) in [5.74, 6) is 1.32. The van der Waals surface area contributed by atoms with Crippen molar-refractivity contribution in [3.63, 3.8) is 0 Å². The zero-order valence-electron chi connectivity index (χ0n) is 10.9. The number of rotatable bonds is 5. The Morgan fingerprint density at radius 2 is 2.25 bits per heavy atom. The quantitative estimate of drug-likeness (QED) is 0.721. The average molecular weight is 227 g/mol. The SMILES string of the molecule is CCOCC1CCCN(C(=O)CC(C)C)C1. The number of hydrogen-bond acceptors (Lipinski definition) is 2. The van der Waals surface area contributed by atoms with E-state index >= 15 is 0 Å². The normalized spacial score (nSPS) is 21.5. The molecule has 3 heteroatoms. The largest absolute Gasteiger partial charge is 0.381 e. The lowest BCUT2D eigenvalue weighted by molar-refractivity contribution is -0.134. The Hall–Kier alpha value is -0.570. The second kappa shape index (κ2) is 6.89. The molecule has 1 saturated heterocycles. The number of nitrogens with zero attached hydrogens (tertiary/aromatic N) is 1. The summed E-state index contributed by atoms with van der Waals surface area (Å²) < 4.78 is 5.44. The van der Waals surface area contributed by atoms with Gasteiger partial charge in [0.25, 0.3) is 0 Å². The summed E-state index contributed by atoms with van der Waals surface area (Å²) in [6, 6.07) is 0. The lowest BCUT2D eigenvalue weighted by Crippen LogP contribution is -2.41. The van der Waals surface area contributed by atoms with Crippen molar-refractivity contribution < 1.29 is 9.53 Å². The fourth-order valence-electron chi connectivity index (χ4n) is 2.19. The minimum absolute atomic E-state index is 0.316. The average Bonchev–Trinajstić information content (AvgIpc) is 2.26. The Morgan fingerprint density at radius 3 is 2.88 bits per heavy atom. The lowest BCUT2D eigenvalue weighted by Gasteiger charge is -2.33. The van der Waals surface area contributed by atoms with Gasteiger partial charge in [0.05, 0.1) is 6.61 Å². The van der Waals surface area contributed by atoms with Crippen molar-refractivity contribution in [2.45, 2.75) is 40.0 Å². The zero-order valence-corrected chi connectivity index (χ0v) is 10.9. The molecule has 0 bridgehead atoms. The van der Waals surface area contributed by atoms with E-state index in [1.54, 1.807) is 0 Å². The molecular weight excluding hydrogens is 202 g/mol. The molecule has 1 unspecified atom stereocenters. The van der Waals surface area contributed by atoms with E-state index in [4.69, 9.17) is 4.74 Å². The highest BCUT2D eigenvalue weighted by Gasteiger charge is 2.23. The van der Waals surface area contributed by atoms with Gasteiger partial charge in [0.1, 0.15) is 0 Å². The molecule has 0 aromatic carbocycles. The van der Waals surface area contributed by atoms with Gasteiger partial charge in [-0.3, -0.25) is 4.79 Å². The van der Waals surface area contributed by atoms with Crippen LogP contribution in [0, 0.1) is 11.8 Å². The van der Waals surface area contributed by atoms with Gasteiger partial charge in [0, 0.05) is 26.1 Å². The molecular formula is C13H25NO2. The van der Waals surface area contributed by atoms with E-state index in [1.165, 1.54) is 6.42 Å². The summed E-state index contributed by atoms with van der Waals surface area (Å²) in [5, 5.41) is 0. The predicted molar refractivity (Wildman–Crippen MR) is 65.3 cm³/mol. The minimum Gasteiger partial charge on any atom is -0.381 e. The van der Waals surface area contributed by atoms with E-state index in [9.17, 15) is 4.79 Å². The molecule has 0 aliphatic carbocycles. The van der Waals surface area contributed by atoms with Crippen molar-refractivity contribution in [1.82, 2.24) is 4.90 Å². The van der Waals surface area contributed by atoms with Crippen LogP contribution in [-0.2, 0) is 9.53 Å². The monoisotopic (exact) mass is 227 g/mol. The van der Waals surface area contributed by atoms with Crippen molar-refractivity contribution in [2.24, 2.45) is 11.8 Å². The highest BCUT2D eigenvalue weighted by Crippen LogP contribution is 2.18. The van der Waals surface area contributed by atoms with Crippen LogP contribution < -0.4 is 0 Å². The van der Waals surface area contributed by atoms with Crippen molar-refractivity contribution in [1.29, 1.82) is 0 Å². The first-order valence-electron chi connectivity index (χ1n) is 6.49. The molecule has 3 nitrogen and oxygen atoms in total. The summed E-state index contributed by atoms with van der Waals surface area (Å²) in [6.45, 7) is 9.63. The maximum atomic E-state index is 11.9. The van der Waals surface area contributed by atoms with Gasteiger partial charge >= 0.3 is 0 Å². The van der Waals surface area contributed by atoms with Gasteiger partial charge in [0.2, 0.25) is 5.91 Å². The summed E-state index contributed by atoms with van der Waals surface area (Å²) in [6.07, 6.45) is 3.01. The lowest BCUT2D eigenvalue weighted by atomic mass is 9.98. The van der Waals surface area contributed by atoms with Gasteiger partial charge in [-0.25, -0.2) is 0 Å². The minimum atomic E-state index is 0.316. The molecule has 94 valence electrons. The Labute approximate surface area is 99.1 Å². The molecule has 1 atom stereocenters. The van der Waals surface area contributed by atoms with Crippen LogP contribution in [0.4, 0.5) is 0 Å². The second-order valence-electron chi connectivity index (χ2n) is 5.11. The predicted octanol–water partition coefficient (Wildman–Crippen LogP) is 2.31. The van der Waals surface area contributed by atoms with Crippen LogP contribution in [0.3, 0.4) is 0 Å². The van der Waals surface area contributed by atoms with Gasteiger partial charge in [-0.15, -0.1) is 0 Å². The molecule has 0 radical (unpaired) electrons. The molecule has 0 saturated carbocycles. The summed E-state index contributed by atoms with van der Waals surface area (Å²) in [5.41, 5.74) is 0. The Bertz CT molecular complexity index is 216. The first kappa shape index (κ1) is 13.5. The molecule has 1 aliphatic rings. The number of carbonyl (C=O) groups excluding carboxylic acids is 1. The van der Waals surface area contributed by atoms with E-state index in [0.29, 0.717) is 24.2 Å². The molecule has 1 aliphatic heterocycles. The number of carbonyl (C=O) groups is 1. The summed E-state index contributed by atoms with van der Waals surface area (Å²) >= 11 is 0. The van der Waals surface area contributed by atoms with Crippen LogP contribution in [0.5, 0.6) is 0 Å². The van der Waals surface area contributed by atoms with Gasteiger partial charge < -0.3 is 9.64 Å². The molecule has 16 heavy (non-hydrogen) atoms. The molecule has 1 amide bonds. The van der Waals surface area contributed by atoms with Crippen LogP contribution in [0.15, 0.2) is 0 Å². The van der Waals surface area contributed by atoms with E-state index in [1.807, 2.05) is 11.8 Å². The van der Waals surface area contributed by atoms with Gasteiger partial charge in [-0.05, 0) is 31.6 Å². The van der Waals surface area contributed by atoms with Crippen LogP contribution in [0.1, 0.15) is 40.0 Å². The molecule has 1 heterocycles. The van der Waals surface area contributed by atoms with Crippen molar-refractivity contribution in [3.05, 3.63) is 0 Å². The van der Waals surface area contributed by atoms with Gasteiger partial charge in [0.15, 0.2) is 0 Å². The molecule has 1 fully saturated rings. The van der Waals surface area contributed by atoms with Crippen molar-refractivity contribution in [3.8, 4) is 0 Å². The fraction of sp³-hybridized carbons (Fsp3) is 0.923. The summed E-state index contributed by atoms with van der Waals surface area (Å²) in [7, 11) is 0. The number of ether oxygens (including phenoxy) is 1. The molecule has 0 spiro atoms. The van der Waals surface area contributed by atoms with E-state index < -0.39 is 0 Å². The van der Waals surface area contributed by atoms with Crippen LogP contribution in [0.2, 0.25) is 0 Å². The first-order chi connectivity index (χ1) is 7.63. The highest BCUT2D eigenvalue weighted by molar-refractivity contribution is 5.76. The molecule has 0 aromatic heterocycles. The highest BCUT2D eigenvalue weighted by atomic mass is 16.5. The van der Waals surface area contributed by atoms with Crippen molar-refractivity contribution >= 4 is 5.91 Å². The third-order valence-electron chi connectivity index (χ3n) is 3.01. The maximum absolute atomic E-state index is 11.9. The molecule has 0 aromatic rings. The zero-order chi connectivity index (χ0) is 12.0.